The molecule has 0 saturated carbocycles. The normalized spacial score (nSPS) is 12.3. The highest BCUT2D eigenvalue weighted by Crippen LogP contribution is 2.25. The van der Waals surface area contributed by atoms with Gasteiger partial charge in [-0.2, -0.15) is 0 Å². The van der Waals surface area contributed by atoms with Crippen molar-refractivity contribution in [2.45, 2.75) is 25.9 Å². The summed E-state index contributed by atoms with van der Waals surface area (Å²) < 4.78 is 13.0. The summed E-state index contributed by atoms with van der Waals surface area (Å²) in [5.74, 6) is 0.527. The lowest BCUT2D eigenvalue weighted by atomic mass is 10.2. The van der Waals surface area contributed by atoms with Crippen LogP contribution in [0, 0.1) is 3.57 Å². The first kappa shape index (κ1) is 14.4. The van der Waals surface area contributed by atoms with Crippen molar-refractivity contribution in [3.05, 3.63) is 27.3 Å². The van der Waals surface area contributed by atoms with Crippen molar-refractivity contribution in [3.63, 3.8) is 0 Å². The number of hydrogen-bond donors (Lipinski definition) is 0. The first-order valence-corrected chi connectivity index (χ1v) is 10.4. The van der Waals surface area contributed by atoms with Crippen molar-refractivity contribution >= 4 is 58.9 Å². The molecule has 0 aliphatic carbocycles. The number of halogens is 2. The molecule has 0 radical (unpaired) electrons. The van der Waals surface area contributed by atoms with Gasteiger partial charge in [-0.3, -0.25) is 0 Å². The standard InChI is InChI=1S/C13H16ClIO2Si/c1-4-16-18(2,3)12-7-10-5-9(8-14)6-11(15)13(10)17-12/h5-7H,4,8H2,1-3H3. The molecule has 18 heavy (non-hydrogen) atoms. The maximum atomic E-state index is 6.00. The zero-order chi connectivity index (χ0) is 13.3. The van der Waals surface area contributed by atoms with E-state index in [9.17, 15) is 0 Å². The van der Waals surface area contributed by atoms with Crippen LogP contribution in [0.15, 0.2) is 22.6 Å². The lowest BCUT2D eigenvalue weighted by Gasteiger charge is -2.18. The van der Waals surface area contributed by atoms with Crippen LogP contribution < -0.4 is 5.38 Å². The van der Waals surface area contributed by atoms with Gasteiger partial charge < -0.3 is 8.84 Å². The topological polar surface area (TPSA) is 22.4 Å². The minimum absolute atomic E-state index is 0.527. The Morgan fingerprint density at radius 3 is 2.67 bits per heavy atom. The predicted molar refractivity (Wildman–Crippen MR) is 87.2 cm³/mol. The second kappa shape index (κ2) is 5.52. The maximum Gasteiger partial charge on any atom is 0.257 e. The summed E-state index contributed by atoms with van der Waals surface area (Å²) in [7, 11) is -1.92. The third-order valence-electron chi connectivity index (χ3n) is 2.88. The molecular weight excluding hydrogens is 379 g/mol. The zero-order valence-corrected chi connectivity index (χ0v) is 14.6. The van der Waals surface area contributed by atoms with E-state index in [1.807, 2.05) is 6.92 Å². The Kier molecular flexibility index (Phi) is 4.41. The van der Waals surface area contributed by atoms with Crippen LogP contribution in [-0.4, -0.2) is 14.9 Å². The largest absolute Gasteiger partial charge is 0.462 e. The highest BCUT2D eigenvalue weighted by atomic mass is 127. The summed E-state index contributed by atoms with van der Waals surface area (Å²) in [6.45, 7) is 7.06. The van der Waals surface area contributed by atoms with Crippen LogP contribution in [-0.2, 0) is 10.3 Å². The van der Waals surface area contributed by atoms with Crippen LogP contribution in [0.2, 0.25) is 13.1 Å². The Morgan fingerprint density at radius 2 is 2.06 bits per heavy atom. The van der Waals surface area contributed by atoms with E-state index in [-0.39, 0.29) is 0 Å². The smallest absolute Gasteiger partial charge is 0.257 e. The number of benzene rings is 1. The lowest BCUT2D eigenvalue weighted by molar-refractivity contribution is 0.334. The van der Waals surface area contributed by atoms with Crippen molar-refractivity contribution in [3.8, 4) is 0 Å². The predicted octanol–water partition coefficient (Wildman–Crippen LogP) is 4.22. The minimum atomic E-state index is -1.92. The van der Waals surface area contributed by atoms with E-state index in [0.29, 0.717) is 5.88 Å². The van der Waals surface area contributed by atoms with Crippen LogP contribution >= 0.6 is 34.2 Å². The van der Waals surface area contributed by atoms with Gasteiger partial charge in [0.2, 0.25) is 0 Å². The summed E-state index contributed by atoms with van der Waals surface area (Å²) >= 11 is 8.19. The van der Waals surface area contributed by atoms with Gasteiger partial charge in [-0.15, -0.1) is 11.6 Å². The van der Waals surface area contributed by atoms with E-state index in [4.69, 9.17) is 20.4 Å². The number of fused-ring (bicyclic) bond motifs is 1. The molecule has 1 aromatic heterocycles. The number of alkyl halides is 1. The van der Waals surface area contributed by atoms with E-state index >= 15 is 0 Å². The highest BCUT2D eigenvalue weighted by molar-refractivity contribution is 14.1. The molecule has 0 saturated heterocycles. The molecule has 0 unspecified atom stereocenters. The van der Waals surface area contributed by atoms with Crippen molar-refractivity contribution in [2.24, 2.45) is 0 Å². The van der Waals surface area contributed by atoms with E-state index in [2.05, 4.69) is 53.9 Å². The molecule has 0 aliphatic heterocycles. The molecule has 1 aromatic carbocycles. The quantitative estimate of drug-likeness (QED) is 0.440. The van der Waals surface area contributed by atoms with Crippen LogP contribution in [0.25, 0.3) is 11.0 Å². The molecule has 5 heteroatoms. The van der Waals surface area contributed by atoms with E-state index in [1.54, 1.807) is 0 Å². The second-order valence-corrected chi connectivity index (χ2v) is 9.92. The molecular formula is C13H16ClIO2Si. The molecule has 0 N–H and O–H groups in total. The third-order valence-corrected chi connectivity index (χ3v) is 6.44. The first-order chi connectivity index (χ1) is 8.47. The summed E-state index contributed by atoms with van der Waals surface area (Å²) in [6, 6.07) is 6.27. The fraction of sp³-hybridized carbons (Fsp3) is 0.385. The Labute approximate surface area is 127 Å². The first-order valence-electron chi connectivity index (χ1n) is 5.90. The number of hydrogen-bond acceptors (Lipinski definition) is 2. The Hall–Kier alpha value is -0.0431. The summed E-state index contributed by atoms with van der Waals surface area (Å²) in [5.41, 5.74) is 2.07. The van der Waals surface area contributed by atoms with Gasteiger partial charge in [0.25, 0.3) is 8.32 Å². The summed E-state index contributed by atoms with van der Waals surface area (Å²) in [5, 5.41) is 2.11. The number of rotatable bonds is 4. The van der Waals surface area contributed by atoms with Gasteiger partial charge >= 0.3 is 0 Å². The molecule has 1 heterocycles. The molecule has 0 bridgehead atoms. The number of furan rings is 1. The molecule has 0 spiro atoms. The van der Waals surface area contributed by atoms with Gasteiger partial charge in [0, 0.05) is 17.9 Å². The SMILES string of the molecule is CCO[Si](C)(C)c1cc2cc(CCl)cc(I)c2o1. The average Bonchev–Trinajstić information content (AvgIpc) is 2.74. The minimum Gasteiger partial charge on any atom is -0.462 e. The summed E-state index contributed by atoms with van der Waals surface area (Å²) in [4.78, 5) is 0. The Bertz CT molecular complexity index is 565. The van der Waals surface area contributed by atoms with E-state index < -0.39 is 8.32 Å². The van der Waals surface area contributed by atoms with Crippen LogP contribution in [0.1, 0.15) is 12.5 Å². The Morgan fingerprint density at radius 1 is 1.33 bits per heavy atom. The van der Waals surface area contributed by atoms with E-state index in [0.717, 1.165) is 32.1 Å². The highest BCUT2D eigenvalue weighted by Gasteiger charge is 2.29. The summed E-state index contributed by atoms with van der Waals surface area (Å²) in [6.07, 6.45) is 0. The monoisotopic (exact) mass is 394 g/mol. The second-order valence-electron chi connectivity index (χ2n) is 4.68. The van der Waals surface area contributed by atoms with Gasteiger partial charge in [-0.05, 0) is 66.4 Å². The van der Waals surface area contributed by atoms with Gasteiger partial charge in [-0.25, -0.2) is 0 Å². The fourth-order valence-corrected chi connectivity index (χ4v) is 4.67. The van der Waals surface area contributed by atoms with Crippen LogP contribution in [0.3, 0.4) is 0 Å². The lowest BCUT2D eigenvalue weighted by Crippen LogP contribution is -2.43. The molecule has 2 nitrogen and oxygen atoms in total. The van der Waals surface area contributed by atoms with Crippen LogP contribution in [0.5, 0.6) is 0 Å². The molecule has 0 fully saturated rings. The van der Waals surface area contributed by atoms with E-state index in [1.165, 1.54) is 0 Å². The molecule has 2 aromatic rings. The molecule has 0 amide bonds. The van der Waals surface area contributed by atoms with Crippen molar-refractivity contribution in [1.82, 2.24) is 0 Å². The fourth-order valence-electron chi connectivity index (χ4n) is 1.97. The molecule has 0 aliphatic rings. The zero-order valence-electron chi connectivity index (χ0n) is 10.7. The van der Waals surface area contributed by atoms with Gasteiger partial charge in [-0.1, -0.05) is 0 Å². The third kappa shape index (κ3) is 2.76. The van der Waals surface area contributed by atoms with Gasteiger partial charge in [0.1, 0.15) is 11.0 Å². The molecule has 98 valence electrons. The van der Waals surface area contributed by atoms with Crippen LogP contribution in [0.4, 0.5) is 0 Å². The van der Waals surface area contributed by atoms with Crippen molar-refractivity contribution < 1.29 is 8.84 Å². The Balaban J connectivity index is 2.53. The van der Waals surface area contributed by atoms with Gasteiger partial charge in [0.05, 0.1) is 3.57 Å². The van der Waals surface area contributed by atoms with Gasteiger partial charge in [0.15, 0.2) is 0 Å². The average molecular weight is 395 g/mol. The molecule has 0 atom stereocenters. The van der Waals surface area contributed by atoms with Crippen molar-refractivity contribution in [1.29, 1.82) is 0 Å². The molecule has 2 rings (SSSR count). The van der Waals surface area contributed by atoms with Crippen molar-refractivity contribution in [2.75, 3.05) is 6.61 Å². The maximum absolute atomic E-state index is 6.00.